The first-order chi connectivity index (χ1) is 11.1. The fraction of sp³-hybridized carbons (Fsp3) is 0.500. The first-order valence-corrected chi connectivity index (χ1v) is 8.46. The maximum atomic E-state index is 12.3. The predicted octanol–water partition coefficient (Wildman–Crippen LogP) is 4.03. The lowest BCUT2D eigenvalue weighted by atomic mass is 10.0. The second kappa shape index (κ2) is 6.52. The minimum Gasteiger partial charge on any atom is -0.326 e. The van der Waals surface area contributed by atoms with Gasteiger partial charge in [-0.2, -0.15) is 5.10 Å². The molecule has 1 aromatic heterocycles. The Morgan fingerprint density at radius 2 is 2.09 bits per heavy atom. The van der Waals surface area contributed by atoms with Crippen LogP contribution >= 0.6 is 0 Å². The van der Waals surface area contributed by atoms with Crippen molar-refractivity contribution in [3.05, 3.63) is 29.6 Å². The van der Waals surface area contributed by atoms with Crippen molar-refractivity contribution in [3.63, 3.8) is 0 Å². The number of hydrogen-bond acceptors (Lipinski definition) is 3. The van der Waals surface area contributed by atoms with Gasteiger partial charge in [-0.15, -0.1) is 0 Å². The molecule has 1 heterocycles. The van der Waals surface area contributed by atoms with Crippen LogP contribution in [0.15, 0.2) is 18.2 Å². The number of nitrogens with zero attached hydrogens (tertiary/aromatic N) is 2. The first-order valence-electron chi connectivity index (χ1n) is 8.46. The van der Waals surface area contributed by atoms with Gasteiger partial charge in [-0.05, 0) is 44.2 Å². The Morgan fingerprint density at radius 3 is 2.74 bits per heavy atom. The molecule has 1 aromatic carbocycles. The monoisotopic (exact) mass is 312 g/mol. The van der Waals surface area contributed by atoms with Crippen LogP contribution in [0.25, 0.3) is 11.4 Å². The number of aromatic amines is 1. The van der Waals surface area contributed by atoms with Crippen LogP contribution in [-0.2, 0) is 4.79 Å². The number of carbonyl (C=O) groups excluding carboxylic acids is 1. The number of H-pyrrole nitrogens is 1. The second-order valence-corrected chi connectivity index (χ2v) is 6.35. The van der Waals surface area contributed by atoms with E-state index >= 15 is 0 Å². The molecule has 0 spiro atoms. The van der Waals surface area contributed by atoms with Gasteiger partial charge in [0.2, 0.25) is 5.91 Å². The topological polar surface area (TPSA) is 70.7 Å². The highest BCUT2D eigenvalue weighted by atomic mass is 16.1. The first kappa shape index (κ1) is 15.7. The summed E-state index contributed by atoms with van der Waals surface area (Å²) in [5.41, 5.74) is 2.82. The van der Waals surface area contributed by atoms with E-state index in [1.165, 1.54) is 12.8 Å². The van der Waals surface area contributed by atoms with Gasteiger partial charge in [0.05, 0.1) is 0 Å². The molecule has 3 rings (SSSR count). The number of nitrogens with one attached hydrogen (secondary N) is 2. The van der Waals surface area contributed by atoms with E-state index in [-0.39, 0.29) is 11.8 Å². The summed E-state index contributed by atoms with van der Waals surface area (Å²) in [6.45, 7) is 6.09. The lowest BCUT2D eigenvalue weighted by molar-refractivity contribution is -0.120. The minimum absolute atomic E-state index is 0.0584. The molecule has 5 nitrogen and oxygen atoms in total. The van der Waals surface area contributed by atoms with Gasteiger partial charge in [0.1, 0.15) is 5.82 Å². The van der Waals surface area contributed by atoms with Gasteiger partial charge in [0, 0.05) is 23.1 Å². The maximum Gasteiger partial charge on any atom is 0.227 e. The molecule has 1 aliphatic rings. The van der Waals surface area contributed by atoms with Gasteiger partial charge >= 0.3 is 0 Å². The number of benzene rings is 1. The van der Waals surface area contributed by atoms with Crippen molar-refractivity contribution in [1.29, 1.82) is 0 Å². The number of hydrogen-bond donors (Lipinski definition) is 2. The molecule has 0 saturated heterocycles. The lowest BCUT2D eigenvalue weighted by Gasteiger charge is -2.15. The second-order valence-electron chi connectivity index (χ2n) is 6.35. The molecule has 1 amide bonds. The number of anilines is 1. The third kappa shape index (κ3) is 3.44. The molecule has 5 heteroatoms. The zero-order chi connectivity index (χ0) is 16.4. The molecule has 23 heavy (non-hydrogen) atoms. The summed E-state index contributed by atoms with van der Waals surface area (Å²) in [6, 6.07) is 5.97. The molecule has 0 bridgehead atoms. The van der Waals surface area contributed by atoms with Gasteiger partial charge in [-0.25, -0.2) is 4.98 Å². The summed E-state index contributed by atoms with van der Waals surface area (Å²) in [6.07, 6.45) is 4.10. The highest BCUT2D eigenvalue weighted by Gasteiger charge is 2.27. The van der Waals surface area contributed by atoms with Crippen LogP contribution in [0.4, 0.5) is 5.69 Å². The molecule has 122 valence electrons. The van der Waals surface area contributed by atoms with E-state index in [1.54, 1.807) is 0 Å². The van der Waals surface area contributed by atoms with Crippen LogP contribution < -0.4 is 5.32 Å². The predicted molar refractivity (Wildman–Crippen MR) is 91.2 cm³/mol. The van der Waals surface area contributed by atoms with E-state index in [0.29, 0.717) is 11.7 Å². The van der Waals surface area contributed by atoms with Crippen LogP contribution in [0.2, 0.25) is 0 Å². The zero-order valence-corrected chi connectivity index (χ0v) is 14.0. The van der Waals surface area contributed by atoms with Crippen molar-refractivity contribution in [2.75, 3.05) is 5.32 Å². The number of aromatic nitrogens is 3. The van der Waals surface area contributed by atoms with Gasteiger partial charge in [-0.3, -0.25) is 9.89 Å². The Hall–Kier alpha value is -2.17. The average Bonchev–Trinajstić information content (AvgIpc) is 3.28. The smallest absolute Gasteiger partial charge is 0.227 e. The summed E-state index contributed by atoms with van der Waals surface area (Å²) in [7, 11) is 0. The number of amides is 1. The molecular formula is C18H24N4O. The summed E-state index contributed by atoms with van der Waals surface area (Å²) in [4.78, 5) is 16.9. The average molecular weight is 312 g/mol. The summed E-state index contributed by atoms with van der Waals surface area (Å²) in [5.74, 6) is 2.37. The van der Waals surface area contributed by atoms with E-state index < -0.39 is 0 Å². The zero-order valence-electron chi connectivity index (χ0n) is 14.0. The number of carbonyl (C=O) groups is 1. The summed E-state index contributed by atoms with van der Waals surface area (Å²) >= 11 is 0. The lowest BCUT2D eigenvalue weighted by Crippen LogP contribution is -2.22. The van der Waals surface area contributed by atoms with Crippen molar-refractivity contribution >= 4 is 11.6 Å². The third-order valence-electron chi connectivity index (χ3n) is 4.58. The summed E-state index contributed by atoms with van der Waals surface area (Å²) in [5, 5.41) is 10.4. The van der Waals surface area contributed by atoms with Crippen molar-refractivity contribution in [2.24, 2.45) is 5.92 Å². The molecule has 2 aromatic rings. The molecule has 0 aliphatic heterocycles. The van der Waals surface area contributed by atoms with E-state index in [4.69, 9.17) is 0 Å². The standard InChI is InChI=1S/C18H24N4O/c1-4-12(5-2)18(23)19-15-10-14(7-6-11(15)3)17-20-16(21-22-17)13-8-9-13/h6-7,10,12-13H,4-5,8-9H2,1-3H3,(H,19,23)(H,20,21,22). The molecule has 0 radical (unpaired) electrons. The highest BCUT2D eigenvalue weighted by molar-refractivity contribution is 5.93. The molecule has 2 N–H and O–H groups in total. The van der Waals surface area contributed by atoms with Crippen LogP contribution in [0, 0.1) is 12.8 Å². The van der Waals surface area contributed by atoms with E-state index in [2.05, 4.69) is 20.5 Å². The Labute approximate surface area is 136 Å². The van der Waals surface area contributed by atoms with Gasteiger partial charge in [-0.1, -0.05) is 26.0 Å². The highest BCUT2D eigenvalue weighted by Crippen LogP contribution is 2.38. The molecule has 0 atom stereocenters. The van der Waals surface area contributed by atoms with Gasteiger partial charge in [0.25, 0.3) is 0 Å². The van der Waals surface area contributed by atoms with E-state index in [0.717, 1.165) is 35.5 Å². The SMILES string of the molecule is CCC(CC)C(=O)Nc1cc(-c2n[nH]c(C3CC3)n2)ccc1C. The fourth-order valence-corrected chi connectivity index (χ4v) is 2.73. The quantitative estimate of drug-likeness (QED) is 0.846. The molecule has 1 saturated carbocycles. The van der Waals surface area contributed by atoms with Crippen molar-refractivity contribution in [3.8, 4) is 11.4 Å². The van der Waals surface area contributed by atoms with Crippen LogP contribution in [0.1, 0.15) is 56.8 Å². The number of aryl methyl sites for hydroxylation is 1. The maximum absolute atomic E-state index is 12.3. The van der Waals surface area contributed by atoms with Crippen LogP contribution in [0.5, 0.6) is 0 Å². The molecule has 0 unspecified atom stereocenters. The summed E-state index contributed by atoms with van der Waals surface area (Å²) < 4.78 is 0. The molecule has 1 fully saturated rings. The van der Waals surface area contributed by atoms with E-state index in [9.17, 15) is 4.79 Å². The normalized spacial score (nSPS) is 14.3. The Bertz CT molecular complexity index is 699. The number of rotatable bonds is 6. The van der Waals surface area contributed by atoms with Crippen LogP contribution in [-0.4, -0.2) is 21.1 Å². The molecule has 1 aliphatic carbocycles. The van der Waals surface area contributed by atoms with E-state index in [1.807, 2.05) is 39.0 Å². The molecular weight excluding hydrogens is 288 g/mol. The van der Waals surface area contributed by atoms with Crippen LogP contribution in [0.3, 0.4) is 0 Å². The Balaban J connectivity index is 1.81. The largest absolute Gasteiger partial charge is 0.326 e. The van der Waals surface area contributed by atoms with Gasteiger partial charge < -0.3 is 5.32 Å². The fourth-order valence-electron chi connectivity index (χ4n) is 2.73. The third-order valence-corrected chi connectivity index (χ3v) is 4.58. The van der Waals surface area contributed by atoms with Crippen molar-refractivity contribution in [1.82, 2.24) is 15.2 Å². The van der Waals surface area contributed by atoms with Crippen molar-refractivity contribution < 1.29 is 4.79 Å². The Morgan fingerprint density at radius 1 is 1.35 bits per heavy atom. The van der Waals surface area contributed by atoms with Gasteiger partial charge in [0.15, 0.2) is 5.82 Å². The Kier molecular flexibility index (Phi) is 4.46. The van der Waals surface area contributed by atoms with Crippen molar-refractivity contribution in [2.45, 2.75) is 52.4 Å². The minimum atomic E-state index is 0.0584.